The maximum absolute atomic E-state index is 13.6. The number of ether oxygens (including phenoxy) is 2. The van der Waals surface area contributed by atoms with Crippen molar-refractivity contribution in [3.05, 3.63) is 120 Å². The van der Waals surface area contributed by atoms with Crippen molar-refractivity contribution in [3.8, 4) is 11.5 Å². The van der Waals surface area contributed by atoms with E-state index in [-0.39, 0.29) is 29.1 Å². The molecule has 0 bridgehead atoms. The molecule has 0 saturated heterocycles. The van der Waals surface area contributed by atoms with Crippen molar-refractivity contribution in [2.24, 2.45) is 5.10 Å². The minimum Gasteiger partial charge on any atom is -0.495 e. The highest BCUT2D eigenvalue weighted by molar-refractivity contribution is 7.92. The summed E-state index contributed by atoms with van der Waals surface area (Å²) in [6.07, 6.45) is 1.41. The monoisotopic (exact) mass is 614 g/mol. The summed E-state index contributed by atoms with van der Waals surface area (Å²) in [7, 11) is -2.69. The first-order valence-electron chi connectivity index (χ1n) is 13.8. The van der Waals surface area contributed by atoms with Crippen LogP contribution < -0.4 is 24.5 Å². The van der Waals surface area contributed by atoms with Crippen molar-refractivity contribution in [2.45, 2.75) is 24.8 Å². The molecular weight excluding hydrogens is 580 g/mol. The van der Waals surface area contributed by atoms with E-state index in [0.29, 0.717) is 17.1 Å². The van der Waals surface area contributed by atoms with Crippen LogP contribution in [0.3, 0.4) is 0 Å². The number of benzene rings is 4. The topological polar surface area (TPSA) is 126 Å². The van der Waals surface area contributed by atoms with E-state index in [4.69, 9.17) is 9.47 Å². The summed E-state index contributed by atoms with van der Waals surface area (Å²) in [5, 5.41) is 6.87. The number of hydrogen-bond acceptors (Lipinski definition) is 7. The Bertz CT molecular complexity index is 1690. The Hall–Kier alpha value is -5.16. The first-order valence-corrected chi connectivity index (χ1v) is 15.2. The first-order chi connectivity index (χ1) is 21.2. The van der Waals surface area contributed by atoms with E-state index in [9.17, 15) is 18.0 Å². The summed E-state index contributed by atoms with van der Waals surface area (Å²) >= 11 is 0. The first kappa shape index (κ1) is 31.8. The highest BCUT2D eigenvalue weighted by Crippen LogP contribution is 2.32. The maximum atomic E-state index is 13.6. The number of aryl methyl sites for hydroxylation is 1. The normalized spacial score (nSPS) is 11.9. The fraction of sp³-hybridized carbons (Fsp3) is 0.182. The Morgan fingerprint density at radius 2 is 1.55 bits per heavy atom. The molecule has 4 rings (SSSR count). The molecule has 1 atom stereocenters. The molecule has 0 aliphatic rings. The largest absolute Gasteiger partial charge is 0.495 e. The summed E-state index contributed by atoms with van der Waals surface area (Å²) in [6, 6.07) is 29.2. The Balaban J connectivity index is 1.35. The van der Waals surface area contributed by atoms with Crippen LogP contribution in [0.25, 0.3) is 0 Å². The van der Waals surface area contributed by atoms with Crippen molar-refractivity contribution in [1.82, 2.24) is 10.7 Å². The Labute approximate surface area is 257 Å². The van der Waals surface area contributed by atoms with Gasteiger partial charge in [-0.15, -0.1) is 0 Å². The molecule has 11 heteroatoms. The number of carbonyl (C=O) groups excluding carboxylic acids is 2. The van der Waals surface area contributed by atoms with Gasteiger partial charge in [0, 0.05) is 0 Å². The minimum atomic E-state index is -4.12. The van der Waals surface area contributed by atoms with Crippen LogP contribution in [-0.2, 0) is 19.6 Å². The number of rotatable bonds is 13. The molecule has 0 saturated carbocycles. The number of nitrogens with one attached hydrogen (secondary N) is 2. The van der Waals surface area contributed by atoms with Gasteiger partial charge in [0.15, 0.2) is 6.61 Å². The lowest BCUT2D eigenvalue weighted by molar-refractivity contribution is -0.123. The van der Waals surface area contributed by atoms with Crippen molar-refractivity contribution in [3.63, 3.8) is 0 Å². The zero-order valence-electron chi connectivity index (χ0n) is 24.6. The molecule has 0 aliphatic heterocycles. The third-order valence-electron chi connectivity index (χ3n) is 6.58. The average Bonchev–Trinajstić information content (AvgIpc) is 3.03. The number of amides is 2. The molecule has 0 aromatic heterocycles. The quantitative estimate of drug-likeness (QED) is 0.167. The Morgan fingerprint density at radius 1 is 0.886 bits per heavy atom. The van der Waals surface area contributed by atoms with Gasteiger partial charge in [-0.05, 0) is 73.5 Å². The summed E-state index contributed by atoms with van der Waals surface area (Å²) in [5.41, 5.74) is 5.15. The predicted molar refractivity (Wildman–Crippen MR) is 169 cm³/mol. The van der Waals surface area contributed by atoms with Gasteiger partial charge in [0.2, 0.25) is 0 Å². The fourth-order valence-electron chi connectivity index (χ4n) is 4.22. The van der Waals surface area contributed by atoms with E-state index in [0.717, 1.165) is 15.4 Å². The molecule has 228 valence electrons. The zero-order valence-corrected chi connectivity index (χ0v) is 25.5. The second kappa shape index (κ2) is 14.8. The Kier molecular flexibility index (Phi) is 10.7. The molecule has 0 radical (unpaired) electrons. The van der Waals surface area contributed by atoms with Crippen molar-refractivity contribution in [2.75, 3.05) is 24.6 Å². The van der Waals surface area contributed by atoms with Gasteiger partial charge in [0.05, 0.1) is 29.9 Å². The third kappa shape index (κ3) is 8.45. The van der Waals surface area contributed by atoms with Gasteiger partial charge in [-0.1, -0.05) is 60.2 Å². The van der Waals surface area contributed by atoms with Crippen LogP contribution in [-0.4, -0.2) is 46.7 Å². The van der Waals surface area contributed by atoms with Crippen LogP contribution >= 0.6 is 0 Å². The summed E-state index contributed by atoms with van der Waals surface area (Å²) in [6.45, 7) is 3.08. The number of hydrogen-bond donors (Lipinski definition) is 2. The molecule has 2 N–H and O–H groups in total. The summed E-state index contributed by atoms with van der Waals surface area (Å²) in [4.78, 5) is 25.2. The van der Waals surface area contributed by atoms with E-state index in [1.165, 1.54) is 25.5 Å². The molecule has 0 fully saturated rings. The van der Waals surface area contributed by atoms with E-state index < -0.39 is 22.5 Å². The number of methoxy groups -OCH3 is 1. The number of hydrazone groups is 1. The van der Waals surface area contributed by atoms with Gasteiger partial charge in [0.25, 0.3) is 21.8 Å². The summed E-state index contributed by atoms with van der Waals surface area (Å²) < 4.78 is 39.2. The SMILES string of the molecule is COc1ccccc1N(CC(=O)NN=Cc1ccc(OCC(=O)N[C@@H](C)c2ccccc2)cc1)S(=O)(=O)c1ccc(C)cc1. The van der Waals surface area contributed by atoms with Crippen molar-refractivity contribution in [1.29, 1.82) is 0 Å². The maximum Gasteiger partial charge on any atom is 0.264 e. The second-order valence-corrected chi connectivity index (χ2v) is 11.7. The van der Waals surface area contributed by atoms with Crippen LogP contribution in [0.5, 0.6) is 11.5 Å². The average molecular weight is 615 g/mol. The molecule has 2 amide bonds. The van der Waals surface area contributed by atoms with Crippen LogP contribution in [0.1, 0.15) is 29.7 Å². The fourth-order valence-corrected chi connectivity index (χ4v) is 5.66. The van der Waals surface area contributed by atoms with Gasteiger partial charge in [-0.2, -0.15) is 5.10 Å². The predicted octanol–water partition coefficient (Wildman–Crippen LogP) is 4.61. The van der Waals surface area contributed by atoms with Crippen LogP contribution in [0, 0.1) is 6.92 Å². The van der Waals surface area contributed by atoms with E-state index in [1.54, 1.807) is 60.7 Å². The molecule has 0 heterocycles. The number of sulfonamides is 1. The van der Waals surface area contributed by atoms with Gasteiger partial charge < -0.3 is 14.8 Å². The molecule has 0 aliphatic carbocycles. The highest BCUT2D eigenvalue weighted by Gasteiger charge is 2.29. The molecule has 44 heavy (non-hydrogen) atoms. The van der Waals surface area contributed by atoms with E-state index in [2.05, 4.69) is 15.8 Å². The van der Waals surface area contributed by atoms with Crippen molar-refractivity contribution < 1.29 is 27.5 Å². The van der Waals surface area contributed by atoms with Gasteiger partial charge in [-0.25, -0.2) is 13.8 Å². The van der Waals surface area contributed by atoms with Gasteiger partial charge in [0.1, 0.15) is 18.0 Å². The molecule has 10 nitrogen and oxygen atoms in total. The lowest BCUT2D eigenvalue weighted by Crippen LogP contribution is -2.39. The van der Waals surface area contributed by atoms with Gasteiger partial charge in [-0.3, -0.25) is 13.9 Å². The number of carbonyl (C=O) groups is 2. The minimum absolute atomic E-state index is 0.0378. The number of nitrogens with zero attached hydrogens (tertiary/aromatic N) is 2. The second-order valence-electron chi connectivity index (χ2n) is 9.85. The zero-order chi connectivity index (χ0) is 31.5. The Morgan fingerprint density at radius 3 is 2.23 bits per heavy atom. The molecule has 4 aromatic carbocycles. The highest BCUT2D eigenvalue weighted by atomic mass is 32.2. The van der Waals surface area contributed by atoms with E-state index in [1.807, 2.05) is 44.2 Å². The molecular formula is C33H34N4O6S. The standard InChI is InChI=1S/C33H34N4O6S/c1-24-13-19-29(20-14-24)44(40,41)37(30-11-7-8-12-31(30)42-3)22-32(38)36-34-21-26-15-17-28(18-16-26)43-23-33(39)35-25(2)27-9-5-4-6-10-27/h4-21,25H,22-23H2,1-3H3,(H,35,39)(H,36,38)/t25-/m0/s1. The van der Waals surface area contributed by atoms with Crippen molar-refractivity contribution >= 4 is 33.7 Å². The third-order valence-corrected chi connectivity index (χ3v) is 8.35. The number of para-hydroxylation sites is 2. The van der Waals surface area contributed by atoms with E-state index >= 15 is 0 Å². The number of anilines is 1. The molecule has 4 aromatic rings. The van der Waals surface area contributed by atoms with Crippen LogP contribution in [0.15, 0.2) is 113 Å². The lowest BCUT2D eigenvalue weighted by Gasteiger charge is -2.25. The smallest absolute Gasteiger partial charge is 0.264 e. The molecule has 0 unspecified atom stereocenters. The van der Waals surface area contributed by atoms with Crippen LogP contribution in [0.4, 0.5) is 5.69 Å². The van der Waals surface area contributed by atoms with Crippen LogP contribution in [0.2, 0.25) is 0 Å². The lowest BCUT2D eigenvalue weighted by atomic mass is 10.1. The molecule has 0 spiro atoms. The summed E-state index contributed by atoms with van der Waals surface area (Å²) in [5.74, 6) is -0.118. The van der Waals surface area contributed by atoms with Gasteiger partial charge >= 0.3 is 0 Å².